The fourth-order valence-corrected chi connectivity index (χ4v) is 2.60. The topological polar surface area (TPSA) is 91.7 Å². The van der Waals surface area contributed by atoms with Gasteiger partial charge in [0.25, 0.3) is 5.91 Å². The third kappa shape index (κ3) is 3.23. The lowest BCUT2D eigenvalue weighted by molar-refractivity contribution is -0.131. The Kier molecular flexibility index (Phi) is 4.26. The summed E-state index contributed by atoms with van der Waals surface area (Å²) < 4.78 is 18.1. The Labute approximate surface area is 142 Å². The van der Waals surface area contributed by atoms with Gasteiger partial charge in [-0.15, -0.1) is 0 Å². The van der Waals surface area contributed by atoms with E-state index in [9.17, 15) is 18.8 Å². The number of halogens is 1. The molecule has 0 radical (unpaired) electrons. The van der Waals surface area contributed by atoms with E-state index in [4.69, 9.17) is 4.42 Å². The molecule has 1 aliphatic rings. The summed E-state index contributed by atoms with van der Waals surface area (Å²) in [5.74, 6) is -0.959. The molecule has 1 aliphatic heterocycles. The van der Waals surface area contributed by atoms with Crippen LogP contribution < -0.4 is 10.6 Å². The van der Waals surface area contributed by atoms with E-state index in [1.807, 2.05) is 0 Å². The molecule has 1 aromatic heterocycles. The molecule has 2 aromatic rings. The summed E-state index contributed by atoms with van der Waals surface area (Å²) in [6, 6.07) is 7.94. The third-order valence-electron chi connectivity index (χ3n) is 3.98. The number of urea groups is 1. The van der Waals surface area contributed by atoms with Gasteiger partial charge in [-0.1, -0.05) is 0 Å². The minimum absolute atomic E-state index is 0.0754. The van der Waals surface area contributed by atoms with E-state index in [2.05, 4.69) is 10.6 Å². The second kappa shape index (κ2) is 6.39. The van der Waals surface area contributed by atoms with Crippen LogP contribution in [0.3, 0.4) is 0 Å². The fraction of sp³-hybridized carbons (Fsp3) is 0.235. The zero-order valence-corrected chi connectivity index (χ0v) is 13.4. The highest BCUT2D eigenvalue weighted by atomic mass is 19.1. The largest absolute Gasteiger partial charge is 0.466 e. The van der Waals surface area contributed by atoms with Crippen LogP contribution >= 0.6 is 0 Å². The van der Waals surface area contributed by atoms with Crippen LogP contribution in [0.2, 0.25) is 0 Å². The van der Waals surface area contributed by atoms with E-state index in [0.29, 0.717) is 11.4 Å². The maximum Gasteiger partial charge on any atom is 0.325 e. The lowest BCUT2D eigenvalue weighted by Gasteiger charge is -2.18. The maximum atomic E-state index is 12.8. The van der Waals surface area contributed by atoms with Crippen molar-refractivity contribution in [2.45, 2.75) is 18.9 Å². The number of carbonyl (C=O) groups excluding carboxylic acids is 3. The van der Waals surface area contributed by atoms with Crippen LogP contribution in [0.15, 0.2) is 47.1 Å². The minimum atomic E-state index is -1.28. The number of hydrogen-bond acceptors (Lipinski definition) is 4. The molecule has 2 heterocycles. The predicted molar refractivity (Wildman–Crippen MR) is 86.0 cm³/mol. The van der Waals surface area contributed by atoms with Crippen LogP contribution in [0, 0.1) is 5.82 Å². The zero-order valence-electron chi connectivity index (χ0n) is 13.4. The Bertz CT molecular complexity index is 804. The first-order chi connectivity index (χ1) is 11.9. The molecule has 1 saturated heterocycles. The van der Waals surface area contributed by atoms with Gasteiger partial charge >= 0.3 is 6.03 Å². The molecule has 1 aromatic carbocycles. The Hall–Kier alpha value is -3.16. The molecule has 7 nitrogen and oxygen atoms in total. The van der Waals surface area contributed by atoms with Gasteiger partial charge in [0.05, 0.1) is 6.26 Å². The number of hydrogen-bond donors (Lipinski definition) is 2. The minimum Gasteiger partial charge on any atom is -0.466 e. The van der Waals surface area contributed by atoms with Gasteiger partial charge in [-0.25, -0.2) is 9.18 Å². The number of anilines is 1. The average molecular weight is 345 g/mol. The van der Waals surface area contributed by atoms with Crippen molar-refractivity contribution in [3.8, 4) is 0 Å². The lowest BCUT2D eigenvalue weighted by Crippen LogP contribution is -2.40. The second-order valence-electron chi connectivity index (χ2n) is 5.79. The Morgan fingerprint density at radius 1 is 1.28 bits per heavy atom. The van der Waals surface area contributed by atoms with Crippen molar-refractivity contribution >= 4 is 23.5 Å². The van der Waals surface area contributed by atoms with E-state index in [0.717, 1.165) is 4.90 Å². The van der Waals surface area contributed by atoms with Crippen LogP contribution in [-0.2, 0) is 15.1 Å². The standard InChI is InChI=1S/C17H16FN3O4/c1-17(13-3-2-10-25-13)15(23)21(16(24)20-17)9-8-14(22)19-12-6-4-11(18)5-7-12/h2-7,10H,8-9H2,1H3,(H,19,22)(H,20,24)/t17-/m0/s1. The SMILES string of the molecule is C[C@@]1(c2ccco2)NC(=O)N(CCC(=O)Nc2ccc(F)cc2)C1=O. The van der Waals surface area contributed by atoms with Gasteiger partial charge in [-0.3, -0.25) is 14.5 Å². The fourth-order valence-electron chi connectivity index (χ4n) is 2.60. The van der Waals surface area contributed by atoms with Gasteiger partial charge in [0.1, 0.15) is 11.6 Å². The smallest absolute Gasteiger partial charge is 0.325 e. The number of nitrogens with zero attached hydrogens (tertiary/aromatic N) is 1. The van der Waals surface area contributed by atoms with E-state index in [1.165, 1.54) is 30.5 Å². The Morgan fingerprint density at radius 3 is 2.64 bits per heavy atom. The Balaban J connectivity index is 1.61. The molecule has 4 amide bonds. The number of nitrogens with one attached hydrogen (secondary N) is 2. The first kappa shape index (κ1) is 16.7. The number of furan rings is 1. The molecule has 25 heavy (non-hydrogen) atoms. The highest BCUT2D eigenvalue weighted by molar-refractivity contribution is 6.07. The van der Waals surface area contributed by atoms with Crippen molar-refractivity contribution < 1.29 is 23.2 Å². The monoisotopic (exact) mass is 345 g/mol. The van der Waals surface area contributed by atoms with E-state index in [1.54, 1.807) is 19.1 Å². The van der Waals surface area contributed by atoms with Crippen LogP contribution in [-0.4, -0.2) is 29.3 Å². The van der Waals surface area contributed by atoms with Crippen molar-refractivity contribution in [2.24, 2.45) is 0 Å². The van der Waals surface area contributed by atoms with Crippen molar-refractivity contribution in [1.29, 1.82) is 0 Å². The molecule has 0 aliphatic carbocycles. The molecule has 2 N–H and O–H groups in total. The molecule has 130 valence electrons. The molecular weight excluding hydrogens is 329 g/mol. The second-order valence-corrected chi connectivity index (χ2v) is 5.79. The summed E-state index contributed by atoms with van der Waals surface area (Å²) in [4.78, 5) is 37.6. The van der Waals surface area contributed by atoms with E-state index in [-0.39, 0.29) is 18.9 Å². The van der Waals surface area contributed by atoms with Gasteiger partial charge in [-0.2, -0.15) is 0 Å². The van der Waals surface area contributed by atoms with Crippen molar-refractivity contribution in [3.63, 3.8) is 0 Å². The maximum absolute atomic E-state index is 12.8. The molecule has 1 fully saturated rings. The number of rotatable bonds is 5. The summed E-state index contributed by atoms with van der Waals surface area (Å²) in [5, 5.41) is 5.16. The highest BCUT2D eigenvalue weighted by Crippen LogP contribution is 2.29. The summed E-state index contributed by atoms with van der Waals surface area (Å²) in [5.41, 5.74) is -0.849. The van der Waals surface area contributed by atoms with Gasteiger partial charge < -0.3 is 15.1 Å². The normalized spacial score (nSPS) is 19.8. The molecule has 3 rings (SSSR count). The number of carbonyl (C=O) groups is 3. The van der Waals surface area contributed by atoms with Crippen molar-refractivity contribution in [3.05, 3.63) is 54.2 Å². The Morgan fingerprint density at radius 2 is 2.00 bits per heavy atom. The average Bonchev–Trinajstić information content (AvgIpc) is 3.18. The first-order valence-corrected chi connectivity index (χ1v) is 7.63. The van der Waals surface area contributed by atoms with Gasteiger partial charge in [0.2, 0.25) is 5.91 Å². The lowest BCUT2D eigenvalue weighted by atomic mass is 9.99. The molecule has 0 saturated carbocycles. The summed E-state index contributed by atoms with van der Waals surface area (Å²) in [6.07, 6.45) is 1.34. The molecule has 1 atom stereocenters. The molecule has 0 bridgehead atoms. The first-order valence-electron chi connectivity index (χ1n) is 7.63. The highest BCUT2D eigenvalue weighted by Gasteiger charge is 2.50. The van der Waals surface area contributed by atoms with Gasteiger partial charge in [0, 0.05) is 18.7 Å². The van der Waals surface area contributed by atoms with Crippen LogP contribution in [0.1, 0.15) is 19.1 Å². The third-order valence-corrected chi connectivity index (χ3v) is 3.98. The summed E-state index contributed by atoms with van der Waals surface area (Å²) >= 11 is 0. The predicted octanol–water partition coefficient (Wildman–Crippen LogP) is 2.21. The molecule has 8 heteroatoms. The summed E-state index contributed by atoms with van der Waals surface area (Å²) in [6.45, 7) is 1.47. The molecule has 0 spiro atoms. The van der Waals surface area contributed by atoms with Crippen LogP contribution in [0.25, 0.3) is 0 Å². The van der Waals surface area contributed by atoms with Crippen molar-refractivity contribution in [2.75, 3.05) is 11.9 Å². The van der Waals surface area contributed by atoms with Gasteiger partial charge in [-0.05, 0) is 43.3 Å². The van der Waals surface area contributed by atoms with E-state index < -0.39 is 23.3 Å². The van der Waals surface area contributed by atoms with Crippen LogP contribution in [0.5, 0.6) is 0 Å². The number of benzene rings is 1. The number of imide groups is 1. The van der Waals surface area contributed by atoms with Crippen molar-refractivity contribution in [1.82, 2.24) is 10.2 Å². The molecular formula is C17H16FN3O4. The van der Waals surface area contributed by atoms with Crippen LogP contribution in [0.4, 0.5) is 14.9 Å². The summed E-state index contributed by atoms with van der Waals surface area (Å²) in [7, 11) is 0. The number of amides is 4. The molecule has 0 unspecified atom stereocenters. The quantitative estimate of drug-likeness (QED) is 0.813. The zero-order chi connectivity index (χ0) is 18.0. The van der Waals surface area contributed by atoms with E-state index >= 15 is 0 Å². The van der Waals surface area contributed by atoms with Gasteiger partial charge in [0.15, 0.2) is 5.54 Å².